The minimum absolute atomic E-state index is 0.0558. The molecule has 0 saturated heterocycles. The summed E-state index contributed by atoms with van der Waals surface area (Å²) in [7, 11) is 1.28. The SMILES string of the molecule is CCC(NC(=O)CCC(=O)c1ccc(C)cc1)C(=O)OC. The lowest BCUT2D eigenvalue weighted by Gasteiger charge is -2.14. The number of Topliss-reactive ketones (excluding diaryl/α,β-unsaturated/α-hetero) is 1. The second kappa shape index (κ2) is 8.19. The maximum absolute atomic E-state index is 11.9. The molecule has 0 aromatic heterocycles. The monoisotopic (exact) mass is 291 g/mol. The number of aryl methyl sites for hydroxylation is 1. The second-order valence-electron chi connectivity index (χ2n) is 4.84. The third-order valence-corrected chi connectivity index (χ3v) is 3.18. The Kier molecular flexibility index (Phi) is 6.59. The number of ether oxygens (including phenoxy) is 1. The molecule has 21 heavy (non-hydrogen) atoms. The summed E-state index contributed by atoms with van der Waals surface area (Å²) in [5, 5.41) is 2.57. The Morgan fingerprint density at radius 3 is 2.29 bits per heavy atom. The van der Waals surface area contributed by atoms with Crippen molar-refractivity contribution in [2.45, 2.75) is 39.2 Å². The molecule has 5 nitrogen and oxygen atoms in total. The van der Waals surface area contributed by atoms with Crippen molar-refractivity contribution in [1.29, 1.82) is 0 Å². The molecule has 0 heterocycles. The number of benzene rings is 1. The number of nitrogens with one attached hydrogen (secondary N) is 1. The van der Waals surface area contributed by atoms with Crippen molar-refractivity contribution in [2.75, 3.05) is 7.11 Å². The first-order valence-corrected chi connectivity index (χ1v) is 6.95. The van der Waals surface area contributed by atoms with Crippen molar-refractivity contribution < 1.29 is 19.1 Å². The van der Waals surface area contributed by atoms with Crippen LogP contribution in [-0.2, 0) is 14.3 Å². The van der Waals surface area contributed by atoms with E-state index in [1.807, 2.05) is 19.1 Å². The summed E-state index contributed by atoms with van der Waals surface area (Å²) < 4.78 is 4.59. The van der Waals surface area contributed by atoms with Crippen molar-refractivity contribution in [3.8, 4) is 0 Å². The fourth-order valence-electron chi connectivity index (χ4n) is 1.85. The highest BCUT2D eigenvalue weighted by Crippen LogP contribution is 2.08. The third-order valence-electron chi connectivity index (χ3n) is 3.18. The molecule has 1 aromatic rings. The lowest BCUT2D eigenvalue weighted by molar-refractivity contribution is -0.145. The molecule has 1 amide bonds. The number of methoxy groups -OCH3 is 1. The Hall–Kier alpha value is -2.17. The Morgan fingerprint density at radius 1 is 1.14 bits per heavy atom. The highest BCUT2D eigenvalue weighted by Gasteiger charge is 2.19. The first-order chi connectivity index (χ1) is 9.97. The van der Waals surface area contributed by atoms with E-state index in [9.17, 15) is 14.4 Å². The molecular weight excluding hydrogens is 270 g/mol. The third kappa shape index (κ3) is 5.38. The van der Waals surface area contributed by atoms with Crippen LogP contribution in [0.1, 0.15) is 42.1 Å². The van der Waals surface area contributed by atoms with Crippen LogP contribution in [0.2, 0.25) is 0 Å². The van der Waals surface area contributed by atoms with Crippen LogP contribution in [0.25, 0.3) is 0 Å². The van der Waals surface area contributed by atoms with Crippen LogP contribution in [-0.4, -0.2) is 30.8 Å². The first-order valence-electron chi connectivity index (χ1n) is 6.95. The highest BCUT2D eigenvalue weighted by atomic mass is 16.5. The van der Waals surface area contributed by atoms with Gasteiger partial charge in [0.25, 0.3) is 0 Å². The molecule has 1 N–H and O–H groups in total. The van der Waals surface area contributed by atoms with Gasteiger partial charge in [-0.3, -0.25) is 9.59 Å². The van der Waals surface area contributed by atoms with E-state index in [4.69, 9.17) is 0 Å². The summed E-state index contributed by atoms with van der Waals surface area (Å²) in [6, 6.07) is 6.56. The molecule has 5 heteroatoms. The van der Waals surface area contributed by atoms with E-state index < -0.39 is 12.0 Å². The van der Waals surface area contributed by atoms with Crippen LogP contribution in [0.5, 0.6) is 0 Å². The second-order valence-corrected chi connectivity index (χ2v) is 4.84. The van der Waals surface area contributed by atoms with E-state index in [2.05, 4.69) is 10.1 Å². The molecule has 0 fully saturated rings. The molecule has 0 bridgehead atoms. The summed E-state index contributed by atoms with van der Waals surface area (Å²) >= 11 is 0. The fraction of sp³-hybridized carbons (Fsp3) is 0.438. The molecule has 1 unspecified atom stereocenters. The van der Waals surface area contributed by atoms with Crippen LogP contribution in [0.3, 0.4) is 0 Å². The Balaban J connectivity index is 2.47. The van der Waals surface area contributed by atoms with E-state index in [1.165, 1.54) is 7.11 Å². The quantitative estimate of drug-likeness (QED) is 0.616. The molecule has 0 spiro atoms. The fourth-order valence-corrected chi connectivity index (χ4v) is 1.85. The minimum Gasteiger partial charge on any atom is -0.467 e. The first kappa shape index (κ1) is 16.9. The molecule has 0 saturated carbocycles. The number of hydrogen-bond acceptors (Lipinski definition) is 4. The van der Waals surface area contributed by atoms with Gasteiger partial charge in [0.15, 0.2) is 5.78 Å². The average molecular weight is 291 g/mol. The molecule has 0 aliphatic carbocycles. The maximum Gasteiger partial charge on any atom is 0.328 e. The number of carbonyl (C=O) groups is 3. The van der Waals surface area contributed by atoms with Gasteiger partial charge in [0.1, 0.15) is 6.04 Å². The lowest BCUT2D eigenvalue weighted by atomic mass is 10.0. The van der Waals surface area contributed by atoms with Gasteiger partial charge in [-0.15, -0.1) is 0 Å². The Labute approximate surface area is 124 Å². The van der Waals surface area contributed by atoms with Crippen LogP contribution < -0.4 is 5.32 Å². The van der Waals surface area contributed by atoms with Crippen molar-refractivity contribution in [1.82, 2.24) is 5.32 Å². The van der Waals surface area contributed by atoms with E-state index in [-0.39, 0.29) is 24.5 Å². The van der Waals surface area contributed by atoms with Crippen molar-refractivity contribution in [3.05, 3.63) is 35.4 Å². The molecule has 114 valence electrons. The Bertz CT molecular complexity index is 508. The largest absolute Gasteiger partial charge is 0.467 e. The van der Waals surface area contributed by atoms with E-state index in [0.717, 1.165) is 5.56 Å². The predicted molar refractivity (Wildman–Crippen MR) is 79.0 cm³/mol. The number of carbonyl (C=O) groups excluding carboxylic acids is 3. The van der Waals surface area contributed by atoms with Crippen LogP contribution >= 0.6 is 0 Å². The van der Waals surface area contributed by atoms with Crippen LogP contribution in [0.15, 0.2) is 24.3 Å². The van der Waals surface area contributed by atoms with Gasteiger partial charge in [-0.2, -0.15) is 0 Å². The zero-order valence-electron chi connectivity index (χ0n) is 12.6. The molecule has 1 aromatic carbocycles. The number of esters is 1. The average Bonchev–Trinajstić information content (AvgIpc) is 2.50. The number of hydrogen-bond donors (Lipinski definition) is 1. The Morgan fingerprint density at radius 2 is 1.76 bits per heavy atom. The van der Waals surface area contributed by atoms with E-state index in [1.54, 1.807) is 19.1 Å². The smallest absolute Gasteiger partial charge is 0.328 e. The topological polar surface area (TPSA) is 72.5 Å². The number of rotatable bonds is 7. The molecule has 0 aliphatic heterocycles. The van der Waals surface area contributed by atoms with Crippen LogP contribution in [0, 0.1) is 6.92 Å². The maximum atomic E-state index is 11.9. The van der Waals surface area contributed by atoms with Crippen molar-refractivity contribution in [2.24, 2.45) is 0 Å². The normalized spacial score (nSPS) is 11.6. The number of ketones is 1. The summed E-state index contributed by atoms with van der Waals surface area (Å²) in [6.07, 6.45) is 0.622. The highest BCUT2D eigenvalue weighted by molar-refractivity contribution is 5.98. The van der Waals surface area contributed by atoms with Crippen LogP contribution in [0.4, 0.5) is 0 Å². The zero-order valence-corrected chi connectivity index (χ0v) is 12.6. The van der Waals surface area contributed by atoms with Crippen molar-refractivity contribution >= 4 is 17.7 Å². The van der Waals surface area contributed by atoms with Gasteiger partial charge in [0, 0.05) is 18.4 Å². The van der Waals surface area contributed by atoms with Crippen molar-refractivity contribution in [3.63, 3.8) is 0 Å². The van der Waals surface area contributed by atoms with Gasteiger partial charge in [-0.1, -0.05) is 36.8 Å². The molecule has 0 aliphatic rings. The molecule has 1 atom stereocenters. The molecular formula is C16H21NO4. The minimum atomic E-state index is -0.656. The summed E-state index contributed by atoms with van der Waals surface area (Å²) in [4.78, 5) is 35.1. The van der Waals surface area contributed by atoms with Gasteiger partial charge in [0.05, 0.1) is 7.11 Å². The molecule has 1 rings (SSSR count). The summed E-state index contributed by atoms with van der Waals surface area (Å²) in [6.45, 7) is 3.72. The van der Waals surface area contributed by atoms with E-state index in [0.29, 0.717) is 12.0 Å². The van der Waals surface area contributed by atoms with E-state index >= 15 is 0 Å². The van der Waals surface area contributed by atoms with Gasteiger partial charge in [-0.05, 0) is 13.3 Å². The van der Waals surface area contributed by atoms with Gasteiger partial charge < -0.3 is 10.1 Å². The lowest BCUT2D eigenvalue weighted by Crippen LogP contribution is -2.41. The van der Waals surface area contributed by atoms with Gasteiger partial charge >= 0.3 is 5.97 Å². The van der Waals surface area contributed by atoms with Gasteiger partial charge in [0.2, 0.25) is 5.91 Å². The summed E-state index contributed by atoms with van der Waals surface area (Å²) in [5.41, 5.74) is 1.67. The predicted octanol–water partition coefficient (Wildman–Crippen LogP) is 2.03. The molecule has 0 radical (unpaired) electrons. The summed E-state index contributed by atoms with van der Waals surface area (Å²) in [5.74, 6) is -0.889. The zero-order chi connectivity index (χ0) is 15.8. The number of amides is 1. The van der Waals surface area contributed by atoms with Gasteiger partial charge in [-0.25, -0.2) is 4.79 Å². The standard InChI is InChI=1S/C16H21NO4/c1-4-13(16(20)21-3)17-15(19)10-9-14(18)12-7-5-11(2)6-8-12/h5-8,13H,4,9-10H2,1-3H3,(H,17,19).